The number of aliphatic hydroxyl groups is 1. The van der Waals surface area contributed by atoms with Crippen molar-refractivity contribution in [1.29, 1.82) is 0 Å². The van der Waals surface area contributed by atoms with Gasteiger partial charge < -0.3 is 10.0 Å². The van der Waals surface area contributed by atoms with Crippen molar-refractivity contribution < 1.29 is 9.90 Å². The van der Waals surface area contributed by atoms with Gasteiger partial charge in [-0.25, -0.2) is 0 Å². The average Bonchev–Trinajstić information content (AvgIpc) is 2.17. The zero-order valence-corrected chi connectivity index (χ0v) is 9.49. The van der Waals surface area contributed by atoms with Gasteiger partial charge in [-0.1, -0.05) is 22.0 Å². The Labute approximate surface area is 91.5 Å². The molecule has 1 N–H and O–H groups in total. The lowest BCUT2D eigenvalue weighted by atomic mass is 10.3. The molecule has 0 saturated heterocycles. The zero-order chi connectivity index (χ0) is 10.6. The van der Waals surface area contributed by atoms with Gasteiger partial charge in [0.25, 0.3) is 0 Å². The van der Waals surface area contributed by atoms with Crippen LogP contribution >= 0.6 is 15.9 Å². The van der Waals surface area contributed by atoms with Gasteiger partial charge in [-0.05, 0) is 18.2 Å². The van der Waals surface area contributed by atoms with E-state index in [9.17, 15) is 4.79 Å². The summed E-state index contributed by atoms with van der Waals surface area (Å²) in [5.41, 5.74) is 0.817. The summed E-state index contributed by atoms with van der Waals surface area (Å²) in [5.74, 6) is -0.0920. The van der Waals surface area contributed by atoms with Crippen LogP contribution in [0.25, 0.3) is 0 Å². The molecule has 1 aromatic carbocycles. The number of halogens is 1. The number of benzene rings is 1. The summed E-state index contributed by atoms with van der Waals surface area (Å²) < 4.78 is 0.929. The van der Waals surface area contributed by atoms with Crippen molar-refractivity contribution in [2.45, 2.75) is 6.42 Å². The Morgan fingerprint density at radius 1 is 1.57 bits per heavy atom. The van der Waals surface area contributed by atoms with Crippen LogP contribution in [0.5, 0.6) is 0 Å². The first-order valence-electron chi connectivity index (χ1n) is 4.28. The topological polar surface area (TPSA) is 40.5 Å². The van der Waals surface area contributed by atoms with Crippen LogP contribution in [-0.4, -0.2) is 24.7 Å². The molecular weight excluding hydrogens is 246 g/mol. The van der Waals surface area contributed by atoms with Gasteiger partial charge >= 0.3 is 0 Å². The molecule has 1 aromatic rings. The minimum atomic E-state index is -0.114. The Kier molecular flexibility index (Phi) is 4.10. The Balaban J connectivity index is 2.78. The highest BCUT2D eigenvalue weighted by atomic mass is 79.9. The van der Waals surface area contributed by atoms with Gasteiger partial charge in [-0.3, -0.25) is 4.79 Å². The molecule has 1 amide bonds. The van der Waals surface area contributed by atoms with Crippen LogP contribution in [-0.2, 0) is 4.79 Å². The number of carbonyl (C=O) groups excluding carboxylic acids is 1. The first-order chi connectivity index (χ1) is 6.65. The quantitative estimate of drug-likeness (QED) is 0.897. The van der Waals surface area contributed by atoms with Gasteiger partial charge in [0, 0.05) is 17.2 Å². The van der Waals surface area contributed by atoms with Gasteiger partial charge in [-0.15, -0.1) is 0 Å². The monoisotopic (exact) mass is 257 g/mol. The van der Waals surface area contributed by atoms with Crippen molar-refractivity contribution >= 4 is 27.5 Å². The number of aliphatic hydroxyl groups excluding tert-OH is 1. The largest absolute Gasteiger partial charge is 0.396 e. The molecule has 0 fully saturated rings. The van der Waals surface area contributed by atoms with E-state index >= 15 is 0 Å². The highest BCUT2D eigenvalue weighted by Crippen LogP contribution is 2.19. The predicted molar refractivity (Wildman–Crippen MR) is 59.3 cm³/mol. The van der Waals surface area contributed by atoms with Crippen molar-refractivity contribution in [3.05, 3.63) is 28.7 Å². The number of hydrogen-bond donors (Lipinski definition) is 1. The van der Waals surface area contributed by atoms with Gasteiger partial charge in [-0.2, -0.15) is 0 Å². The fourth-order valence-corrected chi connectivity index (χ4v) is 1.48. The third-order valence-electron chi connectivity index (χ3n) is 1.90. The molecule has 0 aromatic heterocycles. The first-order valence-corrected chi connectivity index (χ1v) is 5.07. The molecule has 0 radical (unpaired) electrons. The van der Waals surface area contributed by atoms with Crippen molar-refractivity contribution in [1.82, 2.24) is 0 Å². The SMILES string of the molecule is CN(C(=O)CCO)c1cccc(Br)c1. The molecule has 0 unspecified atom stereocenters. The Morgan fingerprint density at radius 3 is 2.86 bits per heavy atom. The Bertz CT molecular complexity index is 328. The summed E-state index contributed by atoms with van der Waals surface area (Å²) in [6, 6.07) is 7.46. The summed E-state index contributed by atoms with van der Waals surface area (Å²) >= 11 is 3.33. The Morgan fingerprint density at radius 2 is 2.29 bits per heavy atom. The molecule has 0 aliphatic carbocycles. The van der Waals surface area contributed by atoms with Crippen LogP contribution < -0.4 is 4.90 Å². The standard InChI is InChI=1S/C10H12BrNO2/c1-12(10(14)5-6-13)9-4-2-3-8(11)7-9/h2-4,7,13H,5-6H2,1H3. The molecule has 0 spiro atoms. The molecule has 14 heavy (non-hydrogen) atoms. The number of hydrogen-bond acceptors (Lipinski definition) is 2. The summed E-state index contributed by atoms with van der Waals surface area (Å²) in [6.45, 7) is -0.114. The maximum Gasteiger partial charge on any atom is 0.229 e. The van der Waals surface area contributed by atoms with Crippen LogP contribution in [0.15, 0.2) is 28.7 Å². The summed E-state index contributed by atoms with van der Waals surface area (Å²) in [7, 11) is 1.69. The second-order valence-electron chi connectivity index (χ2n) is 2.91. The molecule has 3 nitrogen and oxygen atoms in total. The maximum absolute atomic E-state index is 11.4. The lowest BCUT2D eigenvalue weighted by molar-refractivity contribution is -0.118. The molecule has 1 rings (SSSR count). The highest BCUT2D eigenvalue weighted by Gasteiger charge is 2.09. The van der Waals surface area contributed by atoms with E-state index in [0.29, 0.717) is 0 Å². The minimum Gasteiger partial charge on any atom is -0.396 e. The van der Waals surface area contributed by atoms with E-state index in [0.717, 1.165) is 10.2 Å². The van der Waals surface area contributed by atoms with E-state index < -0.39 is 0 Å². The molecule has 76 valence electrons. The van der Waals surface area contributed by atoms with Crippen LogP contribution in [0.2, 0.25) is 0 Å². The molecule has 0 aliphatic heterocycles. The lowest BCUT2D eigenvalue weighted by Gasteiger charge is -2.16. The van der Waals surface area contributed by atoms with Crippen molar-refractivity contribution in [3.8, 4) is 0 Å². The average molecular weight is 258 g/mol. The Hall–Kier alpha value is -0.870. The van der Waals surface area contributed by atoms with Gasteiger partial charge in [0.05, 0.1) is 13.0 Å². The van der Waals surface area contributed by atoms with Crippen molar-refractivity contribution in [2.24, 2.45) is 0 Å². The predicted octanol–water partition coefficient (Wildman–Crippen LogP) is 1.79. The van der Waals surface area contributed by atoms with Gasteiger partial charge in [0.2, 0.25) is 5.91 Å². The summed E-state index contributed by atoms with van der Waals surface area (Å²) in [5, 5.41) is 8.63. The maximum atomic E-state index is 11.4. The van der Waals surface area contributed by atoms with E-state index in [4.69, 9.17) is 5.11 Å². The fraction of sp³-hybridized carbons (Fsp3) is 0.300. The third-order valence-corrected chi connectivity index (χ3v) is 2.39. The number of anilines is 1. The molecule has 0 atom stereocenters. The third kappa shape index (κ3) is 2.82. The van der Waals surface area contributed by atoms with Crippen LogP contribution in [0, 0.1) is 0 Å². The number of carbonyl (C=O) groups is 1. The zero-order valence-electron chi connectivity index (χ0n) is 7.90. The first kappa shape index (κ1) is 11.2. The van der Waals surface area contributed by atoms with Gasteiger partial charge in [0.15, 0.2) is 0 Å². The summed E-state index contributed by atoms with van der Waals surface area (Å²) in [6.07, 6.45) is 0.156. The molecular formula is C10H12BrNO2. The minimum absolute atomic E-state index is 0.0920. The van der Waals surface area contributed by atoms with E-state index in [1.807, 2.05) is 24.3 Å². The molecule has 0 heterocycles. The van der Waals surface area contributed by atoms with E-state index in [2.05, 4.69) is 15.9 Å². The van der Waals surface area contributed by atoms with E-state index in [1.165, 1.54) is 4.90 Å². The van der Waals surface area contributed by atoms with E-state index in [-0.39, 0.29) is 18.9 Å². The van der Waals surface area contributed by atoms with Crippen LogP contribution in [0.3, 0.4) is 0 Å². The number of amides is 1. The molecule has 4 heteroatoms. The lowest BCUT2D eigenvalue weighted by Crippen LogP contribution is -2.26. The second kappa shape index (κ2) is 5.12. The van der Waals surface area contributed by atoms with E-state index in [1.54, 1.807) is 7.05 Å². The number of nitrogens with zero attached hydrogens (tertiary/aromatic N) is 1. The number of rotatable bonds is 3. The molecule has 0 aliphatic rings. The van der Waals surface area contributed by atoms with Crippen LogP contribution in [0.4, 0.5) is 5.69 Å². The summed E-state index contributed by atoms with van der Waals surface area (Å²) in [4.78, 5) is 12.9. The molecule has 0 saturated carbocycles. The fourth-order valence-electron chi connectivity index (χ4n) is 1.09. The second-order valence-corrected chi connectivity index (χ2v) is 3.82. The van der Waals surface area contributed by atoms with Gasteiger partial charge in [0.1, 0.15) is 0 Å². The highest BCUT2D eigenvalue weighted by molar-refractivity contribution is 9.10. The molecule has 0 bridgehead atoms. The van der Waals surface area contributed by atoms with Crippen LogP contribution in [0.1, 0.15) is 6.42 Å². The van der Waals surface area contributed by atoms with Crippen molar-refractivity contribution in [2.75, 3.05) is 18.6 Å². The smallest absolute Gasteiger partial charge is 0.229 e. The van der Waals surface area contributed by atoms with Crippen molar-refractivity contribution in [3.63, 3.8) is 0 Å². The normalized spacial score (nSPS) is 9.93.